The predicted octanol–water partition coefficient (Wildman–Crippen LogP) is 3.62. The van der Waals surface area contributed by atoms with Crippen molar-refractivity contribution in [2.24, 2.45) is 5.73 Å². The van der Waals surface area contributed by atoms with Crippen LogP contribution in [0.3, 0.4) is 0 Å². The van der Waals surface area contributed by atoms with Crippen molar-refractivity contribution in [2.45, 2.75) is 19.9 Å². The van der Waals surface area contributed by atoms with Gasteiger partial charge < -0.3 is 5.73 Å². The van der Waals surface area contributed by atoms with E-state index < -0.39 is 0 Å². The molecular weight excluding hydrogens is 246 g/mol. The Balaban J connectivity index is 2.08. The highest BCUT2D eigenvalue weighted by Crippen LogP contribution is 2.23. The summed E-state index contributed by atoms with van der Waals surface area (Å²) in [5.74, 6) is 0.748. The first-order valence-electron chi connectivity index (χ1n) is 6.73. The molecule has 20 heavy (non-hydrogen) atoms. The van der Waals surface area contributed by atoms with Gasteiger partial charge in [-0.1, -0.05) is 36.4 Å². The number of benzene rings is 2. The van der Waals surface area contributed by atoms with E-state index in [4.69, 9.17) is 5.73 Å². The second-order valence-electron chi connectivity index (χ2n) is 5.08. The van der Waals surface area contributed by atoms with Gasteiger partial charge in [0.15, 0.2) is 5.82 Å². The Bertz CT molecular complexity index is 763. The fraction of sp³-hybridized carbons (Fsp3) is 0.176. The Labute approximate surface area is 118 Å². The van der Waals surface area contributed by atoms with E-state index in [1.54, 1.807) is 0 Å². The van der Waals surface area contributed by atoms with Gasteiger partial charge in [-0.3, -0.25) is 0 Å². The van der Waals surface area contributed by atoms with Crippen LogP contribution in [0.15, 0.2) is 48.7 Å². The van der Waals surface area contributed by atoms with E-state index in [1.807, 2.05) is 32.2 Å². The zero-order valence-electron chi connectivity index (χ0n) is 11.7. The molecular formula is C17H17N3. The number of aromatic nitrogens is 2. The van der Waals surface area contributed by atoms with Crippen LogP contribution in [0.2, 0.25) is 0 Å². The molecule has 0 aliphatic rings. The molecule has 1 heterocycles. The Hall–Kier alpha value is -2.26. The van der Waals surface area contributed by atoms with Crippen molar-refractivity contribution in [3.8, 4) is 11.4 Å². The van der Waals surface area contributed by atoms with Gasteiger partial charge in [0.05, 0.1) is 0 Å². The van der Waals surface area contributed by atoms with Crippen LogP contribution in [0, 0.1) is 6.92 Å². The third-order valence-electron chi connectivity index (χ3n) is 3.52. The Morgan fingerprint density at radius 1 is 1.05 bits per heavy atom. The van der Waals surface area contributed by atoms with Crippen molar-refractivity contribution in [3.05, 3.63) is 59.9 Å². The van der Waals surface area contributed by atoms with Crippen molar-refractivity contribution in [1.82, 2.24) is 9.97 Å². The number of nitrogens with zero attached hydrogens (tertiary/aromatic N) is 2. The quantitative estimate of drug-likeness (QED) is 0.768. The van der Waals surface area contributed by atoms with Crippen molar-refractivity contribution >= 4 is 10.8 Å². The van der Waals surface area contributed by atoms with Gasteiger partial charge in [0.1, 0.15) is 0 Å². The minimum absolute atomic E-state index is 0.0411. The number of fused-ring (bicyclic) bond motifs is 1. The predicted molar refractivity (Wildman–Crippen MR) is 82.3 cm³/mol. The van der Waals surface area contributed by atoms with Crippen molar-refractivity contribution in [1.29, 1.82) is 0 Å². The molecule has 3 nitrogen and oxygen atoms in total. The van der Waals surface area contributed by atoms with E-state index in [1.165, 1.54) is 10.8 Å². The lowest BCUT2D eigenvalue weighted by Gasteiger charge is -2.10. The maximum atomic E-state index is 5.90. The number of hydrogen-bond donors (Lipinski definition) is 1. The molecule has 3 rings (SSSR count). The van der Waals surface area contributed by atoms with Crippen molar-refractivity contribution in [3.63, 3.8) is 0 Å². The summed E-state index contributed by atoms with van der Waals surface area (Å²) in [4.78, 5) is 9.03. The van der Waals surface area contributed by atoms with E-state index in [0.717, 1.165) is 22.6 Å². The summed E-state index contributed by atoms with van der Waals surface area (Å²) in [6.07, 6.45) is 1.83. The molecule has 0 spiro atoms. The number of aryl methyl sites for hydroxylation is 1. The second-order valence-corrected chi connectivity index (χ2v) is 5.08. The van der Waals surface area contributed by atoms with Crippen LogP contribution in [-0.2, 0) is 0 Å². The average molecular weight is 263 g/mol. The largest absolute Gasteiger partial charge is 0.324 e. The molecule has 3 heteroatoms. The third-order valence-corrected chi connectivity index (χ3v) is 3.52. The standard InChI is InChI=1S/C17H17N3/c1-11(18)16-10-19-17(20-12(16)2)15-8-7-13-5-3-4-6-14(13)9-15/h3-11H,18H2,1-2H3/t11-/m0/s1. The molecule has 0 saturated carbocycles. The molecule has 0 fully saturated rings. The third kappa shape index (κ3) is 2.28. The van der Waals surface area contributed by atoms with Crippen molar-refractivity contribution < 1.29 is 0 Å². The maximum Gasteiger partial charge on any atom is 0.159 e. The van der Waals surface area contributed by atoms with E-state index in [-0.39, 0.29) is 6.04 Å². The molecule has 0 bridgehead atoms. The molecule has 2 aromatic carbocycles. The van der Waals surface area contributed by atoms with Gasteiger partial charge in [0.2, 0.25) is 0 Å². The monoisotopic (exact) mass is 263 g/mol. The first-order valence-corrected chi connectivity index (χ1v) is 6.73. The Kier molecular flexibility index (Phi) is 3.20. The number of hydrogen-bond acceptors (Lipinski definition) is 3. The second kappa shape index (κ2) is 5.02. The number of rotatable bonds is 2. The molecule has 0 aliphatic carbocycles. The minimum Gasteiger partial charge on any atom is -0.324 e. The first kappa shape index (κ1) is 12.8. The topological polar surface area (TPSA) is 51.8 Å². The van der Waals surface area contributed by atoms with Crippen LogP contribution in [0.25, 0.3) is 22.2 Å². The van der Waals surface area contributed by atoms with E-state index >= 15 is 0 Å². The maximum absolute atomic E-state index is 5.90. The van der Waals surface area contributed by atoms with Gasteiger partial charge in [-0.05, 0) is 30.7 Å². The summed E-state index contributed by atoms with van der Waals surface area (Å²) >= 11 is 0. The highest BCUT2D eigenvalue weighted by molar-refractivity contribution is 5.86. The van der Waals surface area contributed by atoms with Gasteiger partial charge in [-0.25, -0.2) is 9.97 Å². The summed E-state index contributed by atoms with van der Waals surface area (Å²) in [6, 6.07) is 14.5. The lowest BCUT2D eigenvalue weighted by molar-refractivity contribution is 0.790. The Morgan fingerprint density at radius 2 is 1.80 bits per heavy atom. The molecule has 1 atom stereocenters. The summed E-state index contributed by atoms with van der Waals surface area (Å²) < 4.78 is 0. The molecule has 0 aliphatic heterocycles. The molecule has 2 N–H and O–H groups in total. The molecule has 1 aromatic heterocycles. The lowest BCUT2D eigenvalue weighted by atomic mass is 10.1. The van der Waals surface area contributed by atoms with Crippen LogP contribution in [0.5, 0.6) is 0 Å². The van der Waals surface area contributed by atoms with Gasteiger partial charge in [0, 0.05) is 29.1 Å². The van der Waals surface area contributed by atoms with Gasteiger partial charge in [-0.15, -0.1) is 0 Å². The van der Waals surface area contributed by atoms with Crippen LogP contribution in [-0.4, -0.2) is 9.97 Å². The van der Waals surface area contributed by atoms with Gasteiger partial charge in [-0.2, -0.15) is 0 Å². The lowest BCUT2D eigenvalue weighted by Crippen LogP contribution is -2.09. The molecule has 0 unspecified atom stereocenters. The van der Waals surface area contributed by atoms with Crippen LogP contribution in [0.4, 0.5) is 0 Å². The Morgan fingerprint density at radius 3 is 2.50 bits per heavy atom. The smallest absolute Gasteiger partial charge is 0.159 e. The van der Waals surface area contributed by atoms with E-state index in [2.05, 4.69) is 40.3 Å². The SMILES string of the molecule is Cc1nc(-c2ccc3ccccc3c2)ncc1[C@H](C)N. The van der Waals surface area contributed by atoms with Crippen molar-refractivity contribution in [2.75, 3.05) is 0 Å². The summed E-state index contributed by atoms with van der Waals surface area (Å²) in [7, 11) is 0. The highest BCUT2D eigenvalue weighted by Gasteiger charge is 2.08. The van der Waals surface area contributed by atoms with Crippen LogP contribution < -0.4 is 5.73 Å². The average Bonchev–Trinajstić information content (AvgIpc) is 2.46. The van der Waals surface area contributed by atoms with Gasteiger partial charge >= 0.3 is 0 Å². The summed E-state index contributed by atoms with van der Waals surface area (Å²) in [6.45, 7) is 3.92. The summed E-state index contributed by atoms with van der Waals surface area (Å²) in [5.41, 5.74) is 8.87. The molecule has 0 saturated heterocycles. The summed E-state index contributed by atoms with van der Waals surface area (Å²) in [5, 5.41) is 2.42. The molecule has 0 radical (unpaired) electrons. The minimum atomic E-state index is -0.0411. The molecule has 100 valence electrons. The molecule has 0 amide bonds. The first-order chi connectivity index (χ1) is 9.65. The zero-order chi connectivity index (χ0) is 14.1. The van der Waals surface area contributed by atoms with Gasteiger partial charge in [0.25, 0.3) is 0 Å². The van der Waals surface area contributed by atoms with Crippen LogP contribution >= 0.6 is 0 Å². The van der Waals surface area contributed by atoms with E-state index in [9.17, 15) is 0 Å². The molecule has 3 aromatic rings. The zero-order valence-corrected chi connectivity index (χ0v) is 11.7. The van der Waals surface area contributed by atoms with E-state index in [0.29, 0.717) is 0 Å². The highest BCUT2D eigenvalue weighted by atomic mass is 14.9. The normalized spacial score (nSPS) is 12.6. The number of nitrogens with two attached hydrogens (primary N) is 1. The fourth-order valence-electron chi connectivity index (χ4n) is 2.39. The van der Waals surface area contributed by atoms with Crippen LogP contribution in [0.1, 0.15) is 24.2 Å². The fourth-order valence-corrected chi connectivity index (χ4v) is 2.39.